The number of hydrogen-bond acceptors (Lipinski definition) is 16. The number of phosphoric acid groups is 4. The van der Waals surface area contributed by atoms with E-state index in [1.807, 2.05) is 0 Å². The monoisotopic (exact) mass is 558 g/mol. The molecule has 18 nitrogen and oxygen atoms in total. The zero-order chi connectivity index (χ0) is 20.0. The third-order valence-corrected chi connectivity index (χ3v) is 4.74. The molecule has 0 spiro atoms. The summed E-state index contributed by atoms with van der Waals surface area (Å²) in [7, 11) is -22.8. The van der Waals surface area contributed by atoms with Gasteiger partial charge in [0.2, 0.25) is 0 Å². The Labute approximate surface area is 238 Å². The van der Waals surface area contributed by atoms with Crippen molar-refractivity contribution in [2.24, 2.45) is 0 Å². The van der Waals surface area contributed by atoms with E-state index in [1.165, 1.54) is 0 Å². The van der Waals surface area contributed by atoms with E-state index in [0.717, 1.165) is 0 Å². The molecule has 2 unspecified atom stereocenters. The molecule has 2 N–H and O–H groups in total. The Balaban J connectivity index is -0.000000108. The summed E-state index contributed by atoms with van der Waals surface area (Å²) in [4.78, 5) is 77.8. The van der Waals surface area contributed by atoms with Crippen molar-refractivity contribution in [3.63, 3.8) is 0 Å². The van der Waals surface area contributed by atoms with E-state index in [9.17, 15) is 57.2 Å². The van der Waals surface area contributed by atoms with Gasteiger partial charge in [0, 0.05) is 0 Å². The van der Waals surface area contributed by atoms with Gasteiger partial charge in [0.05, 0.1) is 15.6 Å². The maximum Gasteiger partial charge on any atom is 2.00 e. The van der Waals surface area contributed by atoms with Gasteiger partial charge in [-0.15, -0.1) is 0 Å². The predicted octanol–water partition coefficient (Wildman–Crippen LogP) is -5.15. The first-order valence-corrected chi connectivity index (χ1v) is 10.0. The van der Waals surface area contributed by atoms with E-state index < -0.39 is 43.6 Å². The Morgan fingerprint density at radius 1 is 0.593 bits per heavy atom. The van der Waals surface area contributed by atoms with Crippen molar-refractivity contribution in [2.45, 2.75) is 0 Å². The van der Waals surface area contributed by atoms with Crippen LogP contribution in [0.25, 0.3) is 0 Å². The number of carboxylic acid groups (broad SMARTS) is 2. The van der Waals surface area contributed by atoms with Gasteiger partial charge in [0.25, 0.3) is 0 Å². The van der Waals surface area contributed by atoms with Crippen LogP contribution in [0.2, 0.25) is 0 Å². The topological polar surface area (TPSA) is 318 Å². The molecule has 0 fully saturated rings. The first kappa shape index (κ1) is 40.3. The number of rotatable bonds is 6. The van der Waals surface area contributed by atoms with E-state index in [0.29, 0.717) is 0 Å². The largest absolute Gasteiger partial charge is 2.00 e. The minimum Gasteiger partial charge on any atom is -0.789 e. The fraction of sp³-hybridized carbons (Fsp3) is 0. The molecule has 0 radical (unpaired) electrons. The molecule has 0 heterocycles. The molecule has 0 saturated heterocycles. The van der Waals surface area contributed by atoms with Gasteiger partial charge < -0.3 is 57.8 Å². The zero-order valence-electron chi connectivity index (χ0n) is 12.3. The molecule has 25 heteroatoms. The van der Waals surface area contributed by atoms with Crippen molar-refractivity contribution < 1.29 is 85.1 Å². The summed E-state index contributed by atoms with van der Waals surface area (Å²) >= 11 is 0. The van der Waals surface area contributed by atoms with Crippen molar-refractivity contribution >= 4 is 157 Å². The Bertz CT molecular complexity index is 589. The van der Waals surface area contributed by atoms with Gasteiger partial charge in [-0.05, 0) is 0 Å². The molecule has 0 aromatic rings. The van der Waals surface area contributed by atoms with Crippen LogP contribution < -0.4 is 29.4 Å². The van der Waals surface area contributed by atoms with Crippen molar-refractivity contribution in [1.82, 2.24) is 0 Å². The maximum absolute atomic E-state index is 10.1. The fourth-order valence-electron chi connectivity index (χ4n) is 0.470. The van der Waals surface area contributed by atoms with Gasteiger partial charge in [0.15, 0.2) is 0 Å². The van der Waals surface area contributed by atoms with Crippen molar-refractivity contribution in [1.29, 1.82) is 0 Å². The van der Waals surface area contributed by atoms with Crippen LogP contribution in [0.15, 0.2) is 0 Å². The van der Waals surface area contributed by atoms with Crippen molar-refractivity contribution in [2.75, 3.05) is 0 Å². The Morgan fingerprint density at radius 3 is 0.889 bits per heavy atom. The fourth-order valence-corrected chi connectivity index (χ4v) is 3.08. The molecule has 144 valence electrons. The van der Waals surface area contributed by atoms with Crippen molar-refractivity contribution in [3.05, 3.63) is 0 Å². The summed E-state index contributed by atoms with van der Waals surface area (Å²) in [5, 5.41) is 15.4. The molecule has 27 heavy (non-hydrogen) atoms. The Hall–Kier alpha value is 2.92. The van der Waals surface area contributed by atoms with Gasteiger partial charge in [-0.2, -0.15) is 0 Å². The quantitative estimate of drug-likeness (QED) is 0.227. The standard InChI is InChI=1S/2CH4O9P2.3Ca/c2*2-1(3)9-12(7,8)10-11(4,5)6;;;/h2*(H,2,3)(H,7,8)(H2,4,5,6);;;/q;;3*+2/p-6. The second kappa shape index (κ2) is 16.5. The van der Waals surface area contributed by atoms with E-state index in [1.54, 1.807) is 0 Å². The molecule has 0 saturated carbocycles. The van der Waals surface area contributed by atoms with Crippen LogP contribution in [0.1, 0.15) is 0 Å². The minimum absolute atomic E-state index is 0. The van der Waals surface area contributed by atoms with Gasteiger partial charge in [0.1, 0.15) is 0 Å². The molecule has 0 bridgehead atoms. The molecule has 0 aliphatic carbocycles. The van der Waals surface area contributed by atoms with Gasteiger partial charge in [-0.1, -0.05) is 0 Å². The number of hydrogen-bond donors (Lipinski definition) is 2. The Kier molecular flexibility index (Phi) is 24.7. The van der Waals surface area contributed by atoms with E-state index >= 15 is 0 Å². The summed E-state index contributed by atoms with van der Waals surface area (Å²) < 4.78 is 50.9. The summed E-state index contributed by atoms with van der Waals surface area (Å²) in [6.45, 7) is 0. The van der Waals surface area contributed by atoms with Crippen LogP contribution in [0, 0.1) is 0 Å². The van der Waals surface area contributed by atoms with E-state index in [4.69, 9.17) is 10.2 Å². The number of carbonyl (C=O) groups is 2. The smallest absolute Gasteiger partial charge is 0.789 e. The first-order chi connectivity index (χ1) is 10.2. The Morgan fingerprint density at radius 2 is 0.778 bits per heavy atom. The average molecular weight is 558 g/mol. The molecule has 0 amide bonds. The van der Waals surface area contributed by atoms with Crippen LogP contribution in [0.3, 0.4) is 0 Å². The molecular weight excluding hydrogens is 556 g/mol. The first-order valence-electron chi connectivity index (χ1n) is 4.18. The number of phosphoric ester groups is 2. The SMILES string of the molecule is O=C(O)OP(=O)([O-])OP(=O)([O-])[O-].O=C(O)OP(=O)([O-])OP(=O)([O-])[O-].[Ca+2].[Ca+2].[Ca+2]. The van der Waals surface area contributed by atoms with Crippen LogP contribution in [0.5, 0.6) is 0 Å². The third kappa shape index (κ3) is 33.7. The van der Waals surface area contributed by atoms with E-state index in [2.05, 4.69) is 17.7 Å². The van der Waals surface area contributed by atoms with Crippen LogP contribution in [0.4, 0.5) is 9.59 Å². The van der Waals surface area contributed by atoms with Crippen LogP contribution in [-0.4, -0.2) is 136 Å². The average Bonchev–Trinajstić information content (AvgIpc) is 2.02. The third-order valence-electron chi connectivity index (χ3n) is 0.780. The summed E-state index contributed by atoms with van der Waals surface area (Å²) in [6, 6.07) is 0. The van der Waals surface area contributed by atoms with Crippen LogP contribution >= 0.6 is 31.3 Å². The minimum atomic E-state index is -5.81. The maximum atomic E-state index is 10.1. The molecule has 0 aliphatic heterocycles. The van der Waals surface area contributed by atoms with Gasteiger partial charge >= 0.3 is 141 Å². The second-order valence-corrected chi connectivity index (χ2v) is 7.92. The molecule has 0 aliphatic rings. The summed E-state index contributed by atoms with van der Waals surface area (Å²) in [5.74, 6) is 0. The zero-order valence-corrected chi connectivity index (χ0v) is 22.5. The van der Waals surface area contributed by atoms with Gasteiger partial charge in [-0.3, -0.25) is 17.8 Å². The molecule has 0 aromatic heterocycles. The molecule has 2 atom stereocenters. The second-order valence-electron chi connectivity index (χ2n) is 2.67. The molecule has 0 aromatic carbocycles. The van der Waals surface area contributed by atoms with E-state index in [-0.39, 0.29) is 113 Å². The summed E-state index contributed by atoms with van der Waals surface area (Å²) in [6.07, 6.45) is -4.61. The predicted molar refractivity (Wildman–Crippen MR) is 68.1 cm³/mol. The summed E-state index contributed by atoms with van der Waals surface area (Å²) in [5.41, 5.74) is 0. The van der Waals surface area contributed by atoms with Crippen LogP contribution in [-0.2, 0) is 35.9 Å². The normalized spacial score (nSPS) is 14.7. The van der Waals surface area contributed by atoms with Gasteiger partial charge in [-0.25, -0.2) is 9.59 Å². The van der Waals surface area contributed by atoms with Crippen molar-refractivity contribution in [3.8, 4) is 0 Å². The molecular formula is C2H2Ca3O18P4. The molecule has 0 rings (SSSR count).